The highest BCUT2D eigenvalue weighted by Gasteiger charge is 2.31. The van der Waals surface area contributed by atoms with Gasteiger partial charge in [0.05, 0.1) is 12.5 Å². The summed E-state index contributed by atoms with van der Waals surface area (Å²) in [4.78, 5) is 40.4. The highest BCUT2D eigenvalue weighted by Crippen LogP contribution is 2.25. The number of aromatic nitrogens is 1. The fraction of sp³-hybridized carbons (Fsp3) is 0.409. The molecule has 0 spiro atoms. The van der Waals surface area contributed by atoms with Crippen molar-refractivity contribution in [2.75, 3.05) is 26.8 Å². The number of carbonyl (C=O) groups excluding carboxylic acids is 2. The molecule has 0 bridgehead atoms. The first-order valence-electron chi connectivity index (χ1n) is 10.1. The molecule has 30 heavy (non-hydrogen) atoms. The molecule has 3 heterocycles. The van der Waals surface area contributed by atoms with Crippen molar-refractivity contribution < 1.29 is 18.7 Å². The van der Waals surface area contributed by atoms with E-state index >= 15 is 0 Å². The second kappa shape index (κ2) is 8.39. The summed E-state index contributed by atoms with van der Waals surface area (Å²) in [6.07, 6.45) is 3.76. The fourth-order valence-corrected chi connectivity index (χ4v) is 4.19. The molecule has 4 rings (SSSR count). The molecule has 1 fully saturated rings. The van der Waals surface area contributed by atoms with E-state index in [1.807, 2.05) is 0 Å². The van der Waals surface area contributed by atoms with Crippen LogP contribution in [0.4, 0.5) is 4.39 Å². The minimum absolute atomic E-state index is 0.0429. The lowest BCUT2D eigenvalue weighted by Crippen LogP contribution is -2.44. The zero-order chi connectivity index (χ0) is 21.3. The molecule has 1 atom stereocenters. The van der Waals surface area contributed by atoms with Crippen molar-refractivity contribution in [1.82, 2.24) is 14.8 Å². The molecule has 158 valence electrons. The molecule has 2 aliphatic rings. The number of amides is 2. The number of pyridine rings is 1. The van der Waals surface area contributed by atoms with E-state index in [2.05, 4.69) is 5.32 Å². The van der Waals surface area contributed by atoms with Crippen molar-refractivity contribution in [2.24, 2.45) is 5.92 Å². The number of rotatable bonds is 3. The Hall–Kier alpha value is -3.00. The lowest BCUT2D eigenvalue weighted by atomic mass is 9.94. The Morgan fingerprint density at radius 1 is 1.23 bits per heavy atom. The molecular formula is C22H24FN3O4. The summed E-state index contributed by atoms with van der Waals surface area (Å²) in [6.45, 7) is 1.88. The van der Waals surface area contributed by atoms with E-state index in [1.54, 1.807) is 11.1 Å². The van der Waals surface area contributed by atoms with Gasteiger partial charge in [0, 0.05) is 38.6 Å². The van der Waals surface area contributed by atoms with Gasteiger partial charge in [-0.3, -0.25) is 19.0 Å². The minimum atomic E-state index is -0.465. The van der Waals surface area contributed by atoms with Crippen molar-refractivity contribution in [3.63, 3.8) is 0 Å². The van der Waals surface area contributed by atoms with Gasteiger partial charge in [-0.25, -0.2) is 4.39 Å². The second-order valence-corrected chi connectivity index (χ2v) is 7.66. The lowest BCUT2D eigenvalue weighted by Gasteiger charge is -2.34. The van der Waals surface area contributed by atoms with Crippen molar-refractivity contribution in [3.8, 4) is 5.69 Å². The van der Waals surface area contributed by atoms with Gasteiger partial charge in [-0.1, -0.05) is 0 Å². The van der Waals surface area contributed by atoms with Crippen LogP contribution in [-0.2, 0) is 22.5 Å². The Bertz CT molecular complexity index is 1030. The molecule has 7 nitrogen and oxygen atoms in total. The van der Waals surface area contributed by atoms with Gasteiger partial charge in [0.25, 0.3) is 11.5 Å². The number of carbonyl (C=O) groups is 2. The van der Waals surface area contributed by atoms with E-state index in [0.717, 1.165) is 18.4 Å². The van der Waals surface area contributed by atoms with Gasteiger partial charge in [-0.2, -0.15) is 0 Å². The van der Waals surface area contributed by atoms with Gasteiger partial charge >= 0.3 is 0 Å². The van der Waals surface area contributed by atoms with Crippen molar-refractivity contribution in [3.05, 3.63) is 63.3 Å². The minimum Gasteiger partial charge on any atom is -0.381 e. The predicted octanol–water partition coefficient (Wildman–Crippen LogP) is 1.65. The number of hydrogen-bond donors (Lipinski definition) is 1. The van der Waals surface area contributed by atoms with E-state index in [9.17, 15) is 18.8 Å². The van der Waals surface area contributed by atoms with Crippen LogP contribution in [0.3, 0.4) is 0 Å². The molecule has 1 saturated heterocycles. The van der Waals surface area contributed by atoms with Crippen LogP contribution in [0.5, 0.6) is 0 Å². The molecule has 0 aliphatic carbocycles. The summed E-state index contributed by atoms with van der Waals surface area (Å²) in [5.74, 6) is -0.987. The number of ether oxygens (including phenoxy) is 1. The first-order chi connectivity index (χ1) is 14.5. The number of benzene rings is 1. The quantitative estimate of drug-likeness (QED) is 0.830. The van der Waals surface area contributed by atoms with Crippen LogP contribution >= 0.6 is 0 Å². The van der Waals surface area contributed by atoms with Gasteiger partial charge in [-0.05, 0) is 54.7 Å². The van der Waals surface area contributed by atoms with Gasteiger partial charge in [0.1, 0.15) is 11.4 Å². The smallest absolute Gasteiger partial charge is 0.268 e. The number of nitrogens with zero attached hydrogens (tertiary/aromatic N) is 2. The Labute approximate surface area is 173 Å². The summed E-state index contributed by atoms with van der Waals surface area (Å²) in [6, 6.07) is 5.50. The zero-order valence-corrected chi connectivity index (χ0v) is 16.8. The second-order valence-electron chi connectivity index (χ2n) is 7.66. The van der Waals surface area contributed by atoms with Crippen LogP contribution in [0.25, 0.3) is 5.69 Å². The monoisotopic (exact) mass is 413 g/mol. The van der Waals surface area contributed by atoms with Crippen LogP contribution in [0.1, 0.15) is 34.3 Å². The van der Waals surface area contributed by atoms with Gasteiger partial charge in [0.2, 0.25) is 5.91 Å². The summed E-state index contributed by atoms with van der Waals surface area (Å²) in [5.41, 5.74) is 1.49. The number of halogens is 1. The number of nitrogens with one attached hydrogen (secondary N) is 1. The first kappa shape index (κ1) is 20.3. The maximum atomic E-state index is 13.3. The zero-order valence-electron chi connectivity index (χ0n) is 16.8. The molecular weight excluding hydrogens is 389 g/mol. The summed E-state index contributed by atoms with van der Waals surface area (Å²) < 4.78 is 20.2. The molecule has 1 aromatic heterocycles. The first-order valence-corrected chi connectivity index (χ1v) is 10.1. The topological polar surface area (TPSA) is 80.6 Å². The van der Waals surface area contributed by atoms with Crippen molar-refractivity contribution >= 4 is 11.8 Å². The third kappa shape index (κ3) is 3.75. The Morgan fingerprint density at radius 3 is 2.67 bits per heavy atom. The van der Waals surface area contributed by atoms with Crippen molar-refractivity contribution in [2.45, 2.75) is 25.8 Å². The molecule has 8 heteroatoms. The summed E-state index contributed by atoms with van der Waals surface area (Å²) >= 11 is 0. The average Bonchev–Trinajstić information content (AvgIpc) is 2.78. The van der Waals surface area contributed by atoms with Crippen LogP contribution in [0.15, 0.2) is 35.3 Å². The SMILES string of the molecule is CNC(=O)c1c2c(cn(-c3ccc(F)cc3)c1=O)CN(C(=O)C1CCCOC1)CC2. The molecule has 0 saturated carbocycles. The van der Waals surface area contributed by atoms with Crippen LogP contribution in [0.2, 0.25) is 0 Å². The largest absolute Gasteiger partial charge is 0.381 e. The molecule has 2 amide bonds. The highest BCUT2D eigenvalue weighted by molar-refractivity contribution is 5.95. The predicted molar refractivity (Wildman–Crippen MR) is 108 cm³/mol. The summed E-state index contributed by atoms with van der Waals surface area (Å²) in [7, 11) is 1.48. The molecule has 2 aliphatic heterocycles. The number of fused-ring (bicyclic) bond motifs is 1. The van der Waals surface area contributed by atoms with E-state index in [-0.39, 0.29) is 17.4 Å². The summed E-state index contributed by atoms with van der Waals surface area (Å²) in [5, 5.41) is 2.54. The third-order valence-electron chi connectivity index (χ3n) is 5.78. The van der Waals surface area contributed by atoms with E-state index in [4.69, 9.17) is 4.74 Å². The standard InChI is InChI=1S/C22H24FN3O4/c1-24-20(27)19-18-8-9-25(21(28)14-3-2-10-30-13-14)11-15(18)12-26(22(19)29)17-6-4-16(23)5-7-17/h4-7,12,14H,2-3,8-11,13H2,1H3,(H,24,27). The lowest BCUT2D eigenvalue weighted by molar-refractivity contribution is -0.140. The normalized spacial score (nSPS) is 18.6. The Kier molecular flexibility index (Phi) is 5.67. The van der Waals surface area contributed by atoms with Gasteiger partial charge in [-0.15, -0.1) is 0 Å². The van der Waals surface area contributed by atoms with Gasteiger partial charge < -0.3 is 15.0 Å². The Morgan fingerprint density at radius 2 is 2.00 bits per heavy atom. The maximum absolute atomic E-state index is 13.3. The van der Waals surface area contributed by atoms with Crippen LogP contribution < -0.4 is 10.9 Å². The number of hydrogen-bond acceptors (Lipinski definition) is 4. The molecule has 1 aromatic carbocycles. The van der Waals surface area contributed by atoms with E-state index in [1.165, 1.54) is 35.9 Å². The fourth-order valence-electron chi connectivity index (χ4n) is 4.19. The van der Waals surface area contributed by atoms with Crippen LogP contribution in [-0.4, -0.2) is 48.1 Å². The molecule has 0 radical (unpaired) electrons. The van der Waals surface area contributed by atoms with Crippen LogP contribution in [0, 0.1) is 11.7 Å². The van der Waals surface area contributed by atoms with E-state index < -0.39 is 17.3 Å². The molecule has 1 N–H and O–H groups in total. The highest BCUT2D eigenvalue weighted by atomic mass is 19.1. The van der Waals surface area contributed by atoms with Gasteiger partial charge in [0.15, 0.2) is 0 Å². The average molecular weight is 413 g/mol. The Balaban J connectivity index is 1.74. The van der Waals surface area contributed by atoms with Crippen molar-refractivity contribution in [1.29, 1.82) is 0 Å². The maximum Gasteiger partial charge on any atom is 0.268 e. The molecule has 2 aromatic rings. The van der Waals surface area contributed by atoms with E-state index in [0.29, 0.717) is 44.0 Å². The molecule has 1 unspecified atom stereocenters. The third-order valence-corrected chi connectivity index (χ3v) is 5.78.